The molecule has 0 fully saturated rings. The Hall–Kier alpha value is -1.78. The van der Waals surface area contributed by atoms with E-state index in [-0.39, 0.29) is 0 Å². The van der Waals surface area contributed by atoms with Crippen LogP contribution in [0.25, 0.3) is 0 Å². The standard InChI is InChI=1S/C17H24N2O2/c1-4-18-10-14-9-16(21-13-14)12-19(2)11-15-7-5-6-8-17(15)20-3/h5-9,13,18H,4,10-12H2,1-3H3. The van der Waals surface area contributed by atoms with Gasteiger partial charge in [-0.2, -0.15) is 0 Å². The zero-order valence-electron chi connectivity index (χ0n) is 13.1. The molecular formula is C17H24N2O2. The third-order valence-corrected chi connectivity index (χ3v) is 3.35. The summed E-state index contributed by atoms with van der Waals surface area (Å²) in [5.41, 5.74) is 2.37. The number of ether oxygens (including phenoxy) is 1. The van der Waals surface area contributed by atoms with Crippen molar-refractivity contribution in [2.45, 2.75) is 26.6 Å². The molecule has 0 amide bonds. The zero-order chi connectivity index (χ0) is 15.1. The van der Waals surface area contributed by atoms with E-state index in [1.807, 2.05) is 24.5 Å². The lowest BCUT2D eigenvalue weighted by Crippen LogP contribution is -2.17. The van der Waals surface area contributed by atoms with E-state index in [9.17, 15) is 0 Å². The van der Waals surface area contributed by atoms with Crippen LogP contribution in [0.1, 0.15) is 23.8 Å². The van der Waals surface area contributed by atoms with Crippen LogP contribution < -0.4 is 10.1 Å². The summed E-state index contributed by atoms with van der Waals surface area (Å²) in [4.78, 5) is 2.22. The van der Waals surface area contributed by atoms with Crippen LogP contribution in [0, 0.1) is 0 Å². The molecule has 0 spiro atoms. The fourth-order valence-corrected chi connectivity index (χ4v) is 2.32. The Morgan fingerprint density at radius 1 is 1.24 bits per heavy atom. The first-order valence-corrected chi connectivity index (χ1v) is 7.30. The van der Waals surface area contributed by atoms with Crippen LogP contribution in [-0.2, 0) is 19.6 Å². The molecule has 0 aliphatic carbocycles. The van der Waals surface area contributed by atoms with E-state index in [1.165, 1.54) is 11.1 Å². The van der Waals surface area contributed by atoms with Crippen LogP contribution in [0.2, 0.25) is 0 Å². The van der Waals surface area contributed by atoms with Gasteiger partial charge in [0.2, 0.25) is 0 Å². The Morgan fingerprint density at radius 2 is 2.05 bits per heavy atom. The molecule has 0 aliphatic rings. The highest BCUT2D eigenvalue weighted by Crippen LogP contribution is 2.20. The normalized spacial score (nSPS) is 11.0. The minimum Gasteiger partial charge on any atom is -0.496 e. The summed E-state index contributed by atoms with van der Waals surface area (Å²) in [5, 5.41) is 3.30. The van der Waals surface area contributed by atoms with E-state index in [0.29, 0.717) is 0 Å². The van der Waals surface area contributed by atoms with Gasteiger partial charge in [0.05, 0.1) is 19.9 Å². The summed E-state index contributed by atoms with van der Waals surface area (Å²) in [5.74, 6) is 1.91. The van der Waals surface area contributed by atoms with Gasteiger partial charge in [0.1, 0.15) is 11.5 Å². The fourth-order valence-electron chi connectivity index (χ4n) is 2.32. The van der Waals surface area contributed by atoms with E-state index in [2.05, 4.69) is 36.3 Å². The maximum atomic E-state index is 5.61. The largest absolute Gasteiger partial charge is 0.496 e. The van der Waals surface area contributed by atoms with Gasteiger partial charge in [0, 0.05) is 24.2 Å². The highest BCUT2D eigenvalue weighted by Gasteiger charge is 2.09. The van der Waals surface area contributed by atoms with Crippen LogP contribution in [0.5, 0.6) is 5.75 Å². The van der Waals surface area contributed by atoms with Crippen molar-refractivity contribution < 1.29 is 9.15 Å². The lowest BCUT2D eigenvalue weighted by atomic mass is 10.2. The predicted octanol–water partition coefficient (Wildman–Crippen LogP) is 3.03. The molecule has 2 aromatic rings. The van der Waals surface area contributed by atoms with Crippen molar-refractivity contribution in [1.29, 1.82) is 0 Å². The smallest absolute Gasteiger partial charge is 0.123 e. The van der Waals surface area contributed by atoms with E-state index >= 15 is 0 Å². The maximum absolute atomic E-state index is 5.61. The molecule has 1 heterocycles. The number of methoxy groups -OCH3 is 1. The van der Waals surface area contributed by atoms with Gasteiger partial charge in [0.25, 0.3) is 0 Å². The molecule has 4 nitrogen and oxygen atoms in total. The molecule has 21 heavy (non-hydrogen) atoms. The van der Waals surface area contributed by atoms with Gasteiger partial charge in [-0.3, -0.25) is 4.90 Å². The fraction of sp³-hybridized carbons (Fsp3) is 0.412. The Kier molecular flexibility index (Phi) is 5.84. The van der Waals surface area contributed by atoms with Crippen LogP contribution in [-0.4, -0.2) is 25.6 Å². The molecule has 0 saturated heterocycles. The third kappa shape index (κ3) is 4.62. The average Bonchev–Trinajstić information content (AvgIpc) is 2.93. The molecule has 0 unspecified atom stereocenters. The van der Waals surface area contributed by atoms with Crippen molar-refractivity contribution in [2.24, 2.45) is 0 Å². The lowest BCUT2D eigenvalue weighted by Gasteiger charge is -2.17. The van der Waals surface area contributed by atoms with Gasteiger partial charge >= 0.3 is 0 Å². The number of hydrogen-bond donors (Lipinski definition) is 1. The molecule has 1 N–H and O–H groups in total. The van der Waals surface area contributed by atoms with E-state index in [4.69, 9.17) is 9.15 Å². The second-order valence-corrected chi connectivity index (χ2v) is 5.19. The number of para-hydroxylation sites is 1. The van der Waals surface area contributed by atoms with E-state index in [0.717, 1.165) is 37.7 Å². The highest BCUT2D eigenvalue weighted by molar-refractivity contribution is 5.33. The molecule has 0 aliphatic heterocycles. The van der Waals surface area contributed by atoms with Crippen molar-refractivity contribution in [1.82, 2.24) is 10.2 Å². The van der Waals surface area contributed by atoms with Gasteiger partial charge in [-0.05, 0) is 25.7 Å². The second-order valence-electron chi connectivity index (χ2n) is 5.19. The third-order valence-electron chi connectivity index (χ3n) is 3.35. The van der Waals surface area contributed by atoms with Crippen molar-refractivity contribution in [3.63, 3.8) is 0 Å². The summed E-state index contributed by atoms with van der Waals surface area (Å²) in [6.45, 7) is 5.53. The minimum absolute atomic E-state index is 0.782. The van der Waals surface area contributed by atoms with Gasteiger partial charge in [-0.1, -0.05) is 25.1 Å². The average molecular weight is 288 g/mol. The summed E-state index contributed by atoms with van der Waals surface area (Å²) >= 11 is 0. The predicted molar refractivity (Wildman–Crippen MR) is 84.3 cm³/mol. The van der Waals surface area contributed by atoms with Gasteiger partial charge < -0.3 is 14.5 Å². The highest BCUT2D eigenvalue weighted by atomic mass is 16.5. The number of benzene rings is 1. The van der Waals surface area contributed by atoms with E-state index < -0.39 is 0 Å². The van der Waals surface area contributed by atoms with Gasteiger partial charge in [-0.25, -0.2) is 0 Å². The van der Waals surface area contributed by atoms with Crippen molar-refractivity contribution >= 4 is 0 Å². The van der Waals surface area contributed by atoms with E-state index in [1.54, 1.807) is 7.11 Å². The number of rotatable bonds is 8. The SMILES string of the molecule is CCNCc1coc(CN(C)Cc2ccccc2OC)c1. The van der Waals surface area contributed by atoms with Gasteiger partial charge in [0.15, 0.2) is 0 Å². The number of nitrogens with one attached hydrogen (secondary N) is 1. The minimum atomic E-state index is 0.782. The van der Waals surface area contributed by atoms with Crippen LogP contribution in [0.4, 0.5) is 0 Å². The molecule has 1 aromatic carbocycles. The van der Waals surface area contributed by atoms with Crippen LogP contribution >= 0.6 is 0 Å². The lowest BCUT2D eigenvalue weighted by molar-refractivity contribution is 0.282. The van der Waals surface area contributed by atoms with Crippen molar-refractivity contribution in [2.75, 3.05) is 20.7 Å². The second kappa shape index (κ2) is 7.86. The summed E-state index contributed by atoms with van der Waals surface area (Å²) in [6.07, 6.45) is 1.83. The molecule has 0 bridgehead atoms. The maximum Gasteiger partial charge on any atom is 0.123 e. The van der Waals surface area contributed by atoms with Crippen LogP contribution in [0.3, 0.4) is 0 Å². The van der Waals surface area contributed by atoms with Crippen molar-refractivity contribution in [3.8, 4) is 5.75 Å². The Morgan fingerprint density at radius 3 is 2.81 bits per heavy atom. The Labute approximate surface area is 126 Å². The first-order chi connectivity index (χ1) is 10.2. The van der Waals surface area contributed by atoms with Gasteiger partial charge in [-0.15, -0.1) is 0 Å². The molecular weight excluding hydrogens is 264 g/mol. The summed E-state index contributed by atoms with van der Waals surface area (Å²) < 4.78 is 11.0. The molecule has 4 heteroatoms. The molecule has 0 radical (unpaired) electrons. The number of furan rings is 1. The zero-order valence-corrected chi connectivity index (χ0v) is 13.1. The first kappa shape index (κ1) is 15.6. The number of hydrogen-bond acceptors (Lipinski definition) is 4. The topological polar surface area (TPSA) is 37.6 Å². The van der Waals surface area contributed by atoms with Crippen molar-refractivity contribution in [3.05, 3.63) is 53.5 Å². The van der Waals surface area contributed by atoms with Crippen LogP contribution in [0.15, 0.2) is 41.0 Å². The molecule has 0 atom stereocenters. The number of nitrogens with zero attached hydrogens (tertiary/aromatic N) is 1. The molecule has 2 rings (SSSR count). The molecule has 114 valence electrons. The summed E-state index contributed by atoms with van der Waals surface area (Å²) in [6, 6.07) is 10.2. The quantitative estimate of drug-likeness (QED) is 0.810. The Balaban J connectivity index is 1.92. The first-order valence-electron chi connectivity index (χ1n) is 7.30. The summed E-state index contributed by atoms with van der Waals surface area (Å²) in [7, 11) is 3.79. The molecule has 1 aromatic heterocycles. The Bertz CT molecular complexity index is 551. The molecule has 0 saturated carbocycles. The monoisotopic (exact) mass is 288 g/mol.